The predicted octanol–water partition coefficient (Wildman–Crippen LogP) is 4.31. The molecule has 3 rings (SSSR count). The first-order valence-corrected chi connectivity index (χ1v) is 12.0. The van der Waals surface area contributed by atoms with Crippen molar-refractivity contribution in [1.29, 1.82) is 0 Å². The van der Waals surface area contributed by atoms with Crippen LogP contribution in [0.1, 0.15) is 29.8 Å². The second-order valence-electron chi connectivity index (χ2n) is 7.02. The molecule has 7 nitrogen and oxygen atoms in total. The lowest BCUT2D eigenvalue weighted by atomic mass is 10.2. The molecule has 0 bridgehead atoms. The highest BCUT2D eigenvalue weighted by atomic mass is 35.5. The Hall–Kier alpha value is -3.10. The molecular weight excluding hydrogens is 448 g/mol. The van der Waals surface area contributed by atoms with Gasteiger partial charge in [0.1, 0.15) is 5.82 Å². The van der Waals surface area contributed by atoms with Crippen LogP contribution in [0.2, 0.25) is 5.02 Å². The normalized spacial score (nSPS) is 11.1. The molecule has 1 aromatic heterocycles. The summed E-state index contributed by atoms with van der Waals surface area (Å²) in [6, 6.07) is 16.0. The Morgan fingerprint density at radius 1 is 0.969 bits per heavy atom. The summed E-state index contributed by atoms with van der Waals surface area (Å²) in [5.74, 6) is 0.599. The van der Waals surface area contributed by atoms with Crippen LogP contribution >= 0.6 is 11.6 Å². The molecule has 2 N–H and O–H groups in total. The maximum absolute atomic E-state index is 12.5. The van der Waals surface area contributed by atoms with Gasteiger partial charge in [-0.05, 0) is 74.0 Å². The number of pyridine rings is 1. The van der Waals surface area contributed by atoms with Crippen LogP contribution in [0.4, 0.5) is 11.5 Å². The zero-order valence-electron chi connectivity index (χ0n) is 17.9. The van der Waals surface area contributed by atoms with Crippen molar-refractivity contribution >= 4 is 39.0 Å². The average molecular weight is 473 g/mol. The molecule has 168 valence electrons. The fourth-order valence-corrected chi connectivity index (χ4v) is 4.24. The van der Waals surface area contributed by atoms with Crippen LogP contribution in [0.25, 0.3) is 0 Å². The van der Waals surface area contributed by atoms with Gasteiger partial charge in [0, 0.05) is 42.1 Å². The second kappa shape index (κ2) is 10.5. The molecule has 1 amide bonds. The summed E-state index contributed by atoms with van der Waals surface area (Å²) in [7, 11) is -3.78. The van der Waals surface area contributed by atoms with E-state index in [1.165, 1.54) is 24.3 Å². The molecule has 0 fully saturated rings. The highest BCUT2D eigenvalue weighted by Crippen LogP contribution is 2.19. The fraction of sp³-hybridized carbons (Fsp3) is 0.217. The van der Waals surface area contributed by atoms with Gasteiger partial charge < -0.3 is 10.2 Å². The lowest BCUT2D eigenvalue weighted by Gasteiger charge is -2.19. The highest BCUT2D eigenvalue weighted by molar-refractivity contribution is 7.92. The highest BCUT2D eigenvalue weighted by Gasteiger charge is 2.15. The monoisotopic (exact) mass is 472 g/mol. The number of nitrogens with zero attached hydrogens (tertiary/aromatic N) is 2. The molecule has 0 spiro atoms. The number of sulfonamides is 1. The summed E-state index contributed by atoms with van der Waals surface area (Å²) < 4.78 is 27.6. The van der Waals surface area contributed by atoms with E-state index in [4.69, 9.17) is 11.6 Å². The average Bonchev–Trinajstić information content (AvgIpc) is 2.80. The third kappa shape index (κ3) is 5.99. The molecule has 9 heteroatoms. The van der Waals surface area contributed by atoms with Gasteiger partial charge in [-0.15, -0.1) is 0 Å². The molecule has 0 unspecified atom stereocenters. The SMILES string of the molecule is CCN(CC)c1ccc(CNC(=O)c2ccc(S(=O)(=O)Nc3ccc(Cl)cc3)cc2)cn1. The number of hydrogen-bond acceptors (Lipinski definition) is 5. The van der Waals surface area contributed by atoms with E-state index in [-0.39, 0.29) is 10.8 Å². The summed E-state index contributed by atoms with van der Waals surface area (Å²) in [6.07, 6.45) is 1.74. The van der Waals surface area contributed by atoms with Crippen LogP contribution in [0.5, 0.6) is 0 Å². The molecule has 0 atom stereocenters. The Balaban J connectivity index is 1.60. The van der Waals surface area contributed by atoms with Gasteiger partial charge in [0.25, 0.3) is 15.9 Å². The topological polar surface area (TPSA) is 91.4 Å². The van der Waals surface area contributed by atoms with Crippen molar-refractivity contribution in [3.8, 4) is 0 Å². The minimum absolute atomic E-state index is 0.0557. The van der Waals surface area contributed by atoms with E-state index in [1.54, 1.807) is 30.5 Å². The van der Waals surface area contributed by atoms with Crippen molar-refractivity contribution in [1.82, 2.24) is 10.3 Å². The minimum atomic E-state index is -3.78. The van der Waals surface area contributed by atoms with Crippen molar-refractivity contribution in [3.05, 3.63) is 83.0 Å². The van der Waals surface area contributed by atoms with Gasteiger partial charge in [0.05, 0.1) is 4.90 Å². The summed E-state index contributed by atoms with van der Waals surface area (Å²) in [6.45, 7) is 6.22. The molecule has 1 heterocycles. The van der Waals surface area contributed by atoms with Crippen molar-refractivity contribution in [2.24, 2.45) is 0 Å². The molecule has 0 saturated heterocycles. The first-order valence-electron chi connectivity index (χ1n) is 10.2. The number of hydrogen-bond donors (Lipinski definition) is 2. The molecule has 0 aliphatic carbocycles. The fourth-order valence-electron chi connectivity index (χ4n) is 3.06. The van der Waals surface area contributed by atoms with Crippen molar-refractivity contribution < 1.29 is 13.2 Å². The molecule has 0 saturated carbocycles. The van der Waals surface area contributed by atoms with E-state index >= 15 is 0 Å². The van der Waals surface area contributed by atoms with Gasteiger partial charge in [-0.1, -0.05) is 17.7 Å². The van der Waals surface area contributed by atoms with Gasteiger partial charge in [-0.25, -0.2) is 13.4 Å². The third-order valence-corrected chi connectivity index (χ3v) is 6.52. The molecular formula is C23H25ClN4O3S. The van der Waals surface area contributed by atoms with Gasteiger partial charge >= 0.3 is 0 Å². The largest absolute Gasteiger partial charge is 0.357 e. The molecule has 2 aromatic carbocycles. The number of halogens is 1. The van der Waals surface area contributed by atoms with E-state index in [0.717, 1.165) is 24.5 Å². The zero-order chi connectivity index (χ0) is 23.1. The standard InChI is InChI=1S/C23H25ClN4O3S/c1-3-28(4-2)22-14-5-17(15-25-22)16-26-23(29)18-6-12-21(13-7-18)32(30,31)27-20-10-8-19(24)9-11-20/h5-15,27H,3-4,16H2,1-2H3,(H,26,29). The molecule has 0 radical (unpaired) electrons. The number of nitrogens with one attached hydrogen (secondary N) is 2. The number of anilines is 2. The van der Waals surface area contributed by atoms with Crippen LogP contribution in [0.15, 0.2) is 71.8 Å². The minimum Gasteiger partial charge on any atom is -0.357 e. The van der Waals surface area contributed by atoms with Crippen LogP contribution in [0, 0.1) is 0 Å². The van der Waals surface area contributed by atoms with Crippen LogP contribution in [0.3, 0.4) is 0 Å². The van der Waals surface area contributed by atoms with Gasteiger partial charge in [-0.3, -0.25) is 9.52 Å². The number of carbonyl (C=O) groups excluding carboxylic acids is 1. The Labute approximate surface area is 193 Å². The van der Waals surface area contributed by atoms with Crippen molar-refractivity contribution in [3.63, 3.8) is 0 Å². The second-order valence-corrected chi connectivity index (χ2v) is 9.14. The van der Waals surface area contributed by atoms with Crippen LogP contribution in [-0.4, -0.2) is 32.4 Å². The van der Waals surface area contributed by atoms with Gasteiger partial charge in [0.15, 0.2) is 0 Å². The van der Waals surface area contributed by atoms with Crippen LogP contribution in [-0.2, 0) is 16.6 Å². The van der Waals surface area contributed by atoms with E-state index in [2.05, 4.69) is 33.8 Å². The first kappa shape index (κ1) is 23.6. The smallest absolute Gasteiger partial charge is 0.261 e. The quantitative estimate of drug-likeness (QED) is 0.484. The summed E-state index contributed by atoms with van der Waals surface area (Å²) in [5.41, 5.74) is 1.64. The number of rotatable bonds is 9. The van der Waals surface area contributed by atoms with Crippen molar-refractivity contribution in [2.75, 3.05) is 22.7 Å². The summed E-state index contributed by atoms with van der Waals surface area (Å²) in [4.78, 5) is 19.1. The maximum atomic E-state index is 12.5. The number of aromatic nitrogens is 1. The Bertz CT molecular complexity index is 1150. The van der Waals surface area contributed by atoms with E-state index in [0.29, 0.717) is 22.8 Å². The Morgan fingerprint density at radius 2 is 1.62 bits per heavy atom. The molecule has 3 aromatic rings. The Kier molecular flexibility index (Phi) is 7.71. The van der Waals surface area contributed by atoms with Gasteiger partial charge in [-0.2, -0.15) is 0 Å². The number of benzene rings is 2. The van der Waals surface area contributed by atoms with E-state index < -0.39 is 10.0 Å². The number of carbonyl (C=O) groups is 1. The lowest BCUT2D eigenvalue weighted by Crippen LogP contribution is -2.24. The predicted molar refractivity (Wildman–Crippen MR) is 128 cm³/mol. The van der Waals surface area contributed by atoms with E-state index in [1.807, 2.05) is 12.1 Å². The first-order chi connectivity index (χ1) is 15.3. The summed E-state index contributed by atoms with van der Waals surface area (Å²) >= 11 is 5.82. The Morgan fingerprint density at radius 3 is 2.19 bits per heavy atom. The zero-order valence-corrected chi connectivity index (χ0v) is 19.4. The van der Waals surface area contributed by atoms with Gasteiger partial charge in [0.2, 0.25) is 0 Å². The molecule has 0 aliphatic rings. The molecule has 32 heavy (non-hydrogen) atoms. The third-order valence-electron chi connectivity index (χ3n) is 4.87. The number of amides is 1. The summed E-state index contributed by atoms with van der Waals surface area (Å²) in [5, 5.41) is 3.34. The van der Waals surface area contributed by atoms with Crippen molar-refractivity contribution in [2.45, 2.75) is 25.3 Å². The maximum Gasteiger partial charge on any atom is 0.261 e. The van der Waals surface area contributed by atoms with Crippen LogP contribution < -0.4 is 14.9 Å². The molecule has 0 aliphatic heterocycles. The lowest BCUT2D eigenvalue weighted by molar-refractivity contribution is 0.0951. The van der Waals surface area contributed by atoms with E-state index in [9.17, 15) is 13.2 Å².